The SMILES string of the molecule is FC(F)(F)C(F)(F)n1nnnc1Cl. The van der Waals surface area contributed by atoms with E-state index in [-0.39, 0.29) is 0 Å². The normalized spacial score (nSPS) is 13.4. The summed E-state index contributed by atoms with van der Waals surface area (Å²) >= 11 is 4.88. The molecule has 1 aromatic heterocycles. The van der Waals surface area contributed by atoms with Crippen LogP contribution in [0.1, 0.15) is 0 Å². The third kappa shape index (κ3) is 1.55. The molecule has 4 nitrogen and oxygen atoms in total. The topological polar surface area (TPSA) is 43.6 Å². The Balaban J connectivity index is 3.15. The standard InChI is InChI=1S/C3ClF5N4/c4-1-10-11-12-13(1)3(8,9)2(5,6)7. The number of halogens is 6. The Kier molecular flexibility index (Phi) is 2.14. The number of rotatable bonds is 1. The predicted octanol–water partition coefficient (Wildman–Crippen LogP) is 1.44. The first kappa shape index (κ1) is 10.1. The Labute approximate surface area is 72.3 Å². The second-order valence-electron chi connectivity index (χ2n) is 1.90. The average molecular weight is 223 g/mol. The minimum absolute atomic E-state index is 0.811. The zero-order valence-electron chi connectivity index (χ0n) is 5.56. The van der Waals surface area contributed by atoms with Gasteiger partial charge in [-0.25, -0.2) is 0 Å². The lowest BCUT2D eigenvalue weighted by atomic mass is 10.5. The highest BCUT2D eigenvalue weighted by Crippen LogP contribution is 2.39. The molecule has 0 spiro atoms. The predicted molar refractivity (Wildman–Crippen MR) is 29.1 cm³/mol. The summed E-state index contributed by atoms with van der Waals surface area (Å²) in [4.78, 5) is 0. The summed E-state index contributed by atoms with van der Waals surface area (Å²) in [6, 6.07) is -5.20. The molecule has 13 heavy (non-hydrogen) atoms. The fraction of sp³-hybridized carbons (Fsp3) is 0.667. The summed E-state index contributed by atoms with van der Waals surface area (Å²) in [6.07, 6.45) is -5.79. The van der Waals surface area contributed by atoms with E-state index in [1.807, 2.05) is 0 Å². The Morgan fingerprint density at radius 3 is 2.00 bits per heavy atom. The van der Waals surface area contributed by atoms with Gasteiger partial charge in [0, 0.05) is 0 Å². The van der Waals surface area contributed by atoms with E-state index in [1.165, 1.54) is 0 Å². The third-order valence-electron chi connectivity index (χ3n) is 1.04. The van der Waals surface area contributed by atoms with Crippen LogP contribution >= 0.6 is 11.6 Å². The summed E-state index contributed by atoms with van der Waals surface area (Å²) < 4.78 is 58.9. The Hall–Kier alpha value is -0.990. The number of nitrogens with zero attached hydrogens (tertiary/aromatic N) is 4. The summed E-state index contributed by atoms with van der Waals surface area (Å²) in [6.45, 7) is 0. The maximum absolute atomic E-state index is 12.4. The van der Waals surface area contributed by atoms with Crippen molar-refractivity contribution >= 4 is 11.6 Å². The van der Waals surface area contributed by atoms with E-state index < -0.39 is 22.2 Å². The molecular formula is C3ClF5N4. The van der Waals surface area contributed by atoms with Crippen molar-refractivity contribution in [3.63, 3.8) is 0 Å². The largest absolute Gasteiger partial charge is 0.477 e. The smallest absolute Gasteiger partial charge is 0.170 e. The summed E-state index contributed by atoms with van der Waals surface area (Å²) in [5.74, 6) is 0. The van der Waals surface area contributed by atoms with Crippen LogP contribution in [-0.4, -0.2) is 26.4 Å². The molecular weight excluding hydrogens is 223 g/mol. The van der Waals surface area contributed by atoms with Gasteiger partial charge < -0.3 is 0 Å². The van der Waals surface area contributed by atoms with Crippen LogP contribution in [0.15, 0.2) is 0 Å². The van der Waals surface area contributed by atoms with Crippen molar-refractivity contribution in [3.8, 4) is 0 Å². The van der Waals surface area contributed by atoms with Crippen LogP contribution in [-0.2, 0) is 6.05 Å². The Morgan fingerprint density at radius 2 is 1.69 bits per heavy atom. The maximum Gasteiger partial charge on any atom is 0.477 e. The number of alkyl halides is 5. The third-order valence-corrected chi connectivity index (χ3v) is 1.27. The number of aromatic nitrogens is 4. The number of hydrogen-bond donors (Lipinski definition) is 0. The molecule has 0 radical (unpaired) electrons. The molecule has 1 rings (SSSR count). The highest BCUT2D eigenvalue weighted by Gasteiger charge is 2.61. The van der Waals surface area contributed by atoms with E-state index >= 15 is 0 Å². The van der Waals surface area contributed by atoms with Gasteiger partial charge in [-0.2, -0.15) is 22.0 Å². The van der Waals surface area contributed by atoms with Crippen molar-refractivity contribution in [2.24, 2.45) is 0 Å². The summed E-state index contributed by atoms with van der Waals surface area (Å²) in [5, 5.41) is 6.51. The van der Waals surface area contributed by atoms with Crippen LogP contribution in [0.3, 0.4) is 0 Å². The molecule has 0 aliphatic carbocycles. The summed E-state index contributed by atoms with van der Waals surface area (Å²) in [5.41, 5.74) is 0. The molecule has 1 heterocycles. The second-order valence-corrected chi connectivity index (χ2v) is 2.24. The average Bonchev–Trinajstić information content (AvgIpc) is 2.32. The van der Waals surface area contributed by atoms with Crippen LogP contribution < -0.4 is 0 Å². The molecule has 0 amide bonds. The van der Waals surface area contributed by atoms with Crippen LogP contribution in [0.25, 0.3) is 0 Å². The minimum atomic E-state index is -5.79. The molecule has 0 saturated carbocycles. The van der Waals surface area contributed by atoms with Crippen LogP contribution in [0, 0.1) is 0 Å². The van der Waals surface area contributed by atoms with E-state index in [4.69, 9.17) is 11.6 Å². The molecule has 10 heteroatoms. The molecule has 1 aromatic rings. The van der Waals surface area contributed by atoms with Gasteiger partial charge in [-0.3, -0.25) is 0 Å². The maximum atomic E-state index is 12.4. The number of hydrogen-bond acceptors (Lipinski definition) is 3. The van der Waals surface area contributed by atoms with E-state index in [0.717, 1.165) is 0 Å². The molecule has 0 bridgehead atoms. The zero-order valence-corrected chi connectivity index (χ0v) is 6.31. The van der Waals surface area contributed by atoms with Gasteiger partial charge in [0.25, 0.3) is 0 Å². The molecule has 0 atom stereocenters. The van der Waals surface area contributed by atoms with Gasteiger partial charge in [-0.15, -0.1) is 4.68 Å². The van der Waals surface area contributed by atoms with Gasteiger partial charge in [0.1, 0.15) is 0 Å². The van der Waals surface area contributed by atoms with E-state index in [1.54, 1.807) is 0 Å². The lowest BCUT2D eigenvalue weighted by molar-refractivity contribution is -0.328. The summed E-state index contributed by atoms with van der Waals surface area (Å²) in [7, 11) is 0. The molecule has 0 unspecified atom stereocenters. The minimum Gasteiger partial charge on any atom is -0.170 e. The van der Waals surface area contributed by atoms with Crippen molar-refractivity contribution in [1.29, 1.82) is 0 Å². The molecule has 74 valence electrons. The molecule has 0 N–H and O–H groups in total. The van der Waals surface area contributed by atoms with Crippen molar-refractivity contribution < 1.29 is 22.0 Å². The van der Waals surface area contributed by atoms with E-state index in [0.29, 0.717) is 0 Å². The van der Waals surface area contributed by atoms with Crippen molar-refractivity contribution in [1.82, 2.24) is 20.2 Å². The number of tetrazole rings is 1. The van der Waals surface area contributed by atoms with Crippen LogP contribution in [0.5, 0.6) is 0 Å². The van der Waals surface area contributed by atoms with Gasteiger partial charge in [0.15, 0.2) is 0 Å². The van der Waals surface area contributed by atoms with Crippen LogP contribution in [0.4, 0.5) is 22.0 Å². The molecule has 0 aliphatic heterocycles. The molecule has 0 aromatic carbocycles. The molecule has 0 aliphatic rings. The van der Waals surface area contributed by atoms with Crippen molar-refractivity contribution in [2.45, 2.75) is 12.2 Å². The van der Waals surface area contributed by atoms with Gasteiger partial charge in [-0.1, -0.05) is 5.10 Å². The highest BCUT2D eigenvalue weighted by atomic mass is 35.5. The quantitative estimate of drug-likeness (QED) is 0.676. The highest BCUT2D eigenvalue weighted by molar-refractivity contribution is 6.28. The lowest BCUT2D eigenvalue weighted by Crippen LogP contribution is -2.40. The van der Waals surface area contributed by atoms with Gasteiger partial charge in [0.05, 0.1) is 0 Å². The van der Waals surface area contributed by atoms with Crippen molar-refractivity contribution in [2.75, 3.05) is 0 Å². The van der Waals surface area contributed by atoms with Gasteiger partial charge >= 0.3 is 12.2 Å². The fourth-order valence-corrected chi connectivity index (χ4v) is 0.642. The first-order valence-corrected chi connectivity index (χ1v) is 3.03. The fourth-order valence-electron chi connectivity index (χ4n) is 0.468. The first-order valence-electron chi connectivity index (χ1n) is 2.65. The Bertz CT molecular complexity index is 305. The monoisotopic (exact) mass is 222 g/mol. The van der Waals surface area contributed by atoms with E-state index in [9.17, 15) is 22.0 Å². The van der Waals surface area contributed by atoms with Gasteiger partial charge in [-0.05, 0) is 22.0 Å². The first-order chi connectivity index (χ1) is 5.77. The molecule has 0 fully saturated rings. The van der Waals surface area contributed by atoms with Crippen LogP contribution in [0.2, 0.25) is 5.28 Å². The van der Waals surface area contributed by atoms with E-state index in [2.05, 4.69) is 15.5 Å². The van der Waals surface area contributed by atoms with Crippen molar-refractivity contribution in [3.05, 3.63) is 5.28 Å². The molecule has 0 saturated heterocycles. The Morgan fingerprint density at radius 1 is 1.15 bits per heavy atom. The second kappa shape index (κ2) is 2.76. The zero-order chi connectivity index (χ0) is 10.3. The lowest BCUT2D eigenvalue weighted by Gasteiger charge is -2.18. The van der Waals surface area contributed by atoms with Gasteiger partial charge in [0.2, 0.25) is 5.28 Å².